The Labute approximate surface area is 127 Å². The first-order chi connectivity index (χ1) is 10.2. The molecule has 0 spiro atoms. The Morgan fingerprint density at radius 1 is 1.19 bits per heavy atom. The fraction of sp³-hybridized carbons (Fsp3) is 0.588. The number of guanidine groups is 1. The van der Waals surface area contributed by atoms with Crippen molar-refractivity contribution in [3.8, 4) is 0 Å². The molecular weight excluding hydrogens is 260 g/mol. The molecule has 21 heavy (non-hydrogen) atoms. The summed E-state index contributed by atoms with van der Waals surface area (Å²) >= 11 is 0. The molecule has 0 amide bonds. The molecule has 2 aliphatic heterocycles. The number of nitrogens with one attached hydrogen (secondary N) is 1. The number of nitrogens with zero attached hydrogens (tertiary/aromatic N) is 3. The van der Waals surface area contributed by atoms with E-state index in [0.717, 1.165) is 32.1 Å². The standard InChI is InChI=1S/C17H26N4/c1-14-11-18-17(19-14)21-10-6-9-20(12-15(21)2)13-16-7-4-3-5-8-16/h3-5,7-8,14-15H,6,9-13H2,1-2H3,(H,18,19). The molecule has 4 heteroatoms. The summed E-state index contributed by atoms with van der Waals surface area (Å²) in [6.07, 6.45) is 1.20. The molecule has 0 aromatic heterocycles. The highest BCUT2D eigenvalue weighted by Gasteiger charge is 2.26. The van der Waals surface area contributed by atoms with Gasteiger partial charge < -0.3 is 10.2 Å². The quantitative estimate of drug-likeness (QED) is 0.901. The van der Waals surface area contributed by atoms with E-state index in [4.69, 9.17) is 0 Å². The molecule has 0 bridgehead atoms. The molecule has 0 saturated carbocycles. The summed E-state index contributed by atoms with van der Waals surface area (Å²) in [5.41, 5.74) is 1.41. The van der Waals surface area contributed by atoms with E-state index >= 15 is 0 Å². The molecule has 2 unspecified atom stereocenters. The van der Waals surface area contributed by atoms with Crippen LogP contribution in [0.25, 0.3) is 0 Å². The van der Waals surface area contributed by atoms with E-state index in [2.05, 4.69) is 64.3 Å². The molecule has 1 N–H and O–H groups in total. The maximum Gasteiger partial charge on any atom is 0.194 e. The lowest BCUT2D eigenvalue weighted by Gasteiger charge is -2.30. The molecule has 114 valence electrons. The minimum atomic E-state index is 0.482. The Bertz CT molecular complexity index is 485. The van der Waals surface area contributed by atoms with Gasteiger partial charge in [0.15, 0.2) is 5.96 Å². The summed E-state index contributed by atoms with van der Waals surface area (Å²) in [6, 6.07) is 11.8. The first-order valence-corrected chi connectivity index (χ1v) is 8.06. The van der Waals surface area contributed by atoms with Gasteiger partial charge in [0.2, 0.25) is 0 Å². The van der Waals surface area contributed by atoms with Gasteiger partial charge in [0.1, 0.15) is 0 Å². The van der Waals surface area contributed by atoms with Crippen LogP contribution in [-0.4, -0.2) is 54.0 Å². The first-order valence-electron chi connectivity index (χ1n) is 8.06. The topological polar surface area (TPSA) is 30.9 Å². The van der Waals surface area contributed by atoms with Gasteiger partial charge in [-0.15, -0.1) is 0 Å². The summed E-state index contributed by atoms with van der Waals surface area (Å²) in [6.45, 7) is 9.84. The molecule has 2 heterocycles. The zero-order valence-corrected chi connectivity index (χ0v) is 13.1. The molecule has 1 aromatic rings. The number of hydrogen-bond acceptors (Lipinski definition) is 4. The lowest BCUT2D eigenvalue weighted by molar-refractivity contribution is 0.238. The van der Waals surface area contributed by atoms with E-state index in [1.54, 1.807) is 0 Å². The van der Waals surface area contributed by atoms with Gasteiger partial charge in [-0.2, -0.15) is 0 Å². The lowest BCUT2D eigenvalue weighted by Crippen LogP contribution is -2.48. The summed E-state index contributed by atoms with van der Waals surface area (Å²) < 4.78 is 0. The summed E-state index contributed by atoms with van der Waals surface area (Å²) in [7, 11) is 0. The second-order valence-electron chi connectivity index (χ2n) is 6.33. The van der Waals surface area contributed by atoms with Gasteiger partial charge in [-0.05, 0) is 25.8 Å². The first kappa shape index (κ1) is 14.4. The summed E-state index contributed by atoms with van der Waals surface area (Å²) in [4.78, 5) is 9.68. The van der Waals surface area contributed by atoms with Gasteiger partial charge in [-0.3, -0.25) is 9.89 Å². The lowest BCUT2D eigenvalue weighted by atomic mass is 10.2. The van der Waals surface area contributed by atoms with E-state index < -0.39 is 0 Å². The molecule has 1 aromatic carbocycles. The van der Waals surface area contributed by atoms with Gasteiger partial charge in [-0.25, -0.2) is 0 Å². The average molecular weight is 286 g/mol. The van der Waals surface area contributed by atoms with Crippen molar-refractivity contribution >= 4 is 5.96 Å². The van der Waals surface area contributed by atoms with Crippen molar-refractivity contribution in [2.75, 3.05) is 26.2 Å². The van der Waals surface area contributed by atoms with Crippen molar-refractivity contribution in [1.82, 2.24) is 15.1 Å². The highest BCUT2D eigenvalue weighted by molar-refractivity contribution is 5.82. The summed E-state index contributed by atoms with van der Waals surface area (Å²) in [5.74, 6) is 1.11. The third-order valence-electron chi connectivity index (χ3n) is 4.34. The molecular formula is C17H26N4. The molecule has 3 rings (SSSR count). The van der Waals surface area contributed by atoms with E-state index in [-0.39, 0.29) is 0 Å². The predicted octanol–water partition coefficient (Wildman–Crippen LogP) is 1.93. The van der Waals surface area contributed by atoms with Crippen LogP contribution in [0.3, 0.4) is 0 Å². The largest absolute Gasteiger partial charge is 0.352 e. The van der Waals surface area contributed by atoms with Crippen molar-refractivity contribution in [2.24, 2.45) is 4.99 Å². The van der Waals surface area contributed by atoms with E-state index in [0.29, 0.717) is 12.1 Å². The van der Waals surface area contributed by atoms with Crippen LogP contribution in [0, 0.1) is 0 Å². The third-order valence-corrected chi connectivity index (χ3v) is 4.34. The monoisotopic (exact) mass is 286 g/mol. The molecule has 0 radical (unpaired) electrons. The van der Waals surface area contributed by atoms with E-state index in [1.807, 2.05) is 0 Å². The molecule has 1 saturated heterocycles. The van der Waals surface area contributed by atoms with Crippen molar-refractivity contribution in [2.45, 2.75) is 38.9 Å². The van der Waals surface area contributed by atoms with Crippen LogP contribution in [0.15, 0.2) is 35.3 Å². The highest BCUT2D eigenvalue weighted by Crippen LogP contribution is 2.15. The third kappa shape index (κ3) is 3.56. The van der Waals surface area contributed by atoms with Gasteiger partial charge in [-0.1, -0.05) is 30.3 Å². The van der Waals surface area contributed by atoms with Crippen LogP contribution >= 0.6 is 0 Å². The molecule has 2 aliphatic rings. The Morgan fingerprint density at radius 2 is 2.00 bits per heavy atom. The normalized spacial score (nSPS) is 27.1. The zero-order chi connectivity index (χ0) is 14.7. The Hall–Kier alpha value is -1.55. The van der Waals surface area contributed by atoms with Gasteiger partial charge in [0.25, 0.3) is 0 Å². The van der Waals surface area contributed by atoms with Gasteiger partial charge in [0.05, 0.1) is 6.54 Å². The fourth-order valence-corrected chi connectivity index (χ4v) is 3.26. The van der Waals surface area contributed by atoms with Crippen LogP contribution < -0.4 is 5.32 Å². The van der Waals surface area contributed by atoms with Crippen LogP contribution in [0.5, 0.6) is 0 Å². The Kier molecular flexibility index (Phi) is 4.44. The van der Waals surface area contributed by atoms with Crippen LogP contribution in [0.2, 0.25) is 0 Å². The molecule has 1 fully saturated rings. The zero-order valence-electron chi connectivity index (χ0n) is 13.1. The highest BCUT2D eigenvalue weighted by atomic mass is 15.4. The van der Waals surface area contributed by atoms with Gasteiger partial charge in [0, 0.05) is 38.3 Å². The smallest absolute Gasteiger partial charge is 0.194 e. The van der Waals surface area contributed by atoms with Gasteiger partial charge >= 0.3 is 0 Å². The van der Waals surface area contributed by atoms with Crippen LogP contribution in [0.4, 0.5) is 0 Å². The second-order valence-corrected chi connectivity index (χ2v) is 6.33. The van der Waals surface area contributed by atoms with Crippen LogP contribution in [-0.2, 0) is 6.54 Å². The molecule has 4 nitrogen and oxygen atoms in total. The number of benzene rings is 1. The minimum Gasteiger partial charge on any atom is -0.352 e. The molecule has 2 atom stereocenters. The fourth-order valence-electron chi connectivity index (χ4n) is 3.26. The van der Waals surface area contributed by atoms with Crippen molar-refractivity contribution in [1.29, 1.82) is 0 Å². The second kappa shape index (κ2) is 6.48. The Balaban J connectivity index is 1.62. The van der Waals surface area contributed by atoms with E-state index in [1.165, 1.54) is 18.5 Å². The average Bonchev–Trinajstić information content (AvgIpc) is 2.81. The predicted molar refractivity (Wildman–Crippen MR) is 87.4 cm³/mol. The van der Waals surface area contributed by atoms with Crippen molar-refractivity contribution in [3.05, 3.63) is 35.9 Å². The number of rotatable bonds is 2. The van der Waals surface area contributed by atoms with Crippen molar-refractivity contribution < 1.29 is 0 Å². The van der Waals surface area contributed by atoms with Crippen molar-refractivity contribution in [3.63, 3.8) is 0 Å². The number of hydrogen-bond donors (Lipinski definition) is 1. The maximum atomic E-state index is 4.65. The maximum absolute atomic E-state index is 4.65. The Morgan fingerprint density at radius 3 is 2.71 bits per heavy atom. The van der Waals surface area contributed by atoms with Crippen LogP contribution in [0.1, 0.15) is 25.8 Å². The SMILES string of the molecule is CC1CN=C(N2CCCN(Cc3ccccc3)CC2C)N1. The van der Waals surface area contributed by atoms with E-state index in [9.17, 15) is 0 Å². The molecule has 0 aliphatic carbocycles. The summed E-state index contributed by atoms with van der Waals surface area (Å²) in [5, 5.41) is 3.50. The number of aliphatic imine (C=N–C) groups is 1. The minimum absolute atomic E-state index is 0.482.